The zero-order chi connectivity index (χ0) is 44.6. The van der Waals surface area contributed by atoms with Gasteiger partial charge in [0.1, 0.15) is 27.7 Å². The molecule has 1 amide bonds. The van der Waals surface area contributed by atoms with E-state index in [0.29, 0.717) is 10.6 Å². The molecule has 0 saturated carbocycles. The number of anilines is 1. The zero-order valence-corrected chi connectivity index (χ0v) is 32.4. The van der Waals surface area contributed by atoms with E-state index >= 15 is 0 Å². The maximum atomic E-state index is 13.2. The Morgan fingerprint density at radius 1 is 0.820 bits per heavy atom. The Morgan fingerprint density at radius 2 is 1.49 bits per heavy atom. The summed E-state index contributed by atoms with van der Waals surface area (Å²) in [6.45, 7) is 1.55. The molecule has 0 radical (unpaired) electrons. The molecular formula is C35H25N9O15S2. The van der Waals surface area contributed by atoms with Crippen molar-refractivity contribution >= 4 is 94.4 Å². The Hall–Kier alpha value is -7.94. The lowest BCUT2D eigenvalue weighted by Crippen LogP contribution is -2.33. The van der Waals surface area contributed by atoms with Crippen LogP contribution in [0.2, 0.25) is 0 Å². The lowest BCUT2D eigenvalue weighted by Gasteiger charge is -2.12. The minimum absolute atomic E-state index is 0.0100. The van der Waals surface area contributed by atoms with Gasteiger partial charge in [0.05, 0.1) is 39.6 Å². The number of nitro groups is 1. The number of carboxylic acids is 2. The van der Waals surface area contributed by atoms with Crippen molar-refractivity contribution in [2.45, 2.75) is 22.8 Å². The Labute approximate surface area is 341 Å². The third kappa shape index (κ3) is 8.90. The van der Waals surface area contributed by atoms with Gasteiger partial charge in [-0.3, -0.25) is 24.0 Å². The second kappa shape index (κ2) is 16.4. The first-order valence-corrected chi connectivity index (χ1v) is 19.5. The van der Waals surface area contributed by atoms with Gasteiger partial charge in [-0.25, -0.2) is 9.59 Å². The predicted molar refractivity (Wildman–Crippen MR) is 209 cm³/mol. The topological polar surface area (TPSA) is 363 Å². The summed E-state index contributed by atoms with van der Waals surface area (Å²) in [5.41, 5.74) is -2.27. The number of carbonyl (C=O) groups is 3. The van der Waals surface area contributed by atoms with E-state index in [1.165, 1.54) is 37.4 Å². The predicted octanol–water partition coefficient (Wildman–Crippen LogP) is 6.73. The number of nitro benzene ring substituents is 1. The SMILES string of the molecule is COc1cc(/N=N/c2ccc([N+](=O)[O-])cc2C(=O)O)c(C)cc1/N=N/c1c(S(=O)(=O)O)cc2cc(/N=N/C3C(=O)N(c4ccc(S(=O)(=O)O)cc4)N=C3C(=O)O)ccc2c1O. The normalized spacial score (nSPS) is 14.7. The van der Waals surface area contributed by atoms with Crippen LogP contribution in [-0.2, 0) is 29.8 Å². The molecule has 26 heteroatoms. The van der Waals surface area contributed by atoms with Crippen LogP contribution in [0.15, 0.2) is 124 Å². The molecule has 61 heavy (non-hydrogen) atoms. The number of benzene rings is 5. The molecule has 5 aromatic rings. The van der Waals surface area contributed by atoms with E-state index in [1.807, 2.05) is 0 Å². The van der Waals surface area contributed by atoms with Crippen LogP contribution < -0.4 is 9.75 Å². The molecule has 5 aromatic carbocycles. The average molecular weight is 876 g/mol. The van der Waals surface area contributed by atoms with Crippen LogP contribution in [0.1, 0.15) is 15.9 Å². The van der Waals surface area contributed by atoms with Crippen LogP contribution in [0, 0.1) is 17.0 Å². The maximum absolute atomic E-state index is 13.2. The van der Waals surface area contributed by atoms with Gasteiger partial charge in [0.15, 0.2) is 11.5 Å². The Balaban J connectivity index is 1.30. The van der Waals surface area contributed by atoms with Gasteiger partial charge >= 0.3 is 11.9 Å². The number of aryl methyl sites for hydroxylation is 1. The van der Waals surface area contributed by atoms with Crippen molar-refractivity contribution in [3.63, 3.8) is 0 Å². The summed E-state index contributed by atoms with van der Waals surface area (Å²) in [4.78, 5) is 45.7. The van der Waals surface area contributed by atoms with E-state index in [0.717, 1.165) is 48.5 Å². The number of carbonyl (C=O) groups excluding carboxylic acids is 1. The molecule has 0 aromatic heterocycles. The first-order valence-electron chi connectivity index (χ1n) is 16.6. The fourth-order valence-electron chi connectivity index (χ4n) is 5.59. The maximum Gasteiger partial charge on any atom is 0.355 e. The van der Waals surface area contributed by atoms with Crippen LogP contribution in [0.25, 0.3) is 10.8 Å². The van der Waals surface area contributed by atoms with Gasteiger partial charge in [-0.1, -0.05) is 0 Å². The molecule has 24 nitrogen and oxygen atoms in total. The standard InChI is InChI=1S/C35H25N9O15S2/c1-16-11-26(27(59-2)15-25(16)38-37-24-10-6-20(44(51)52)14-23(24)34(47)48)39-40-29-28(61(56,57)58)13-17-12-18(3-9-22(17)32(29)45)36-41-30-31(35(49)50)42-43(33(30)46)19-4-7-21(8-5-19)60(53,54)55/h3-15,30,45H,1-2H3,(H,47,48)(H,49,50)(H,53,54,55)(H,56,57,58)/b38-37+,40-39+,41-36+. The smallest absolute Gasteiger partial charge is 0.355 e. The molecule has 0 saturated heterocycles. The van der Waals surface area contributed by atoms with Crippen molar-refractivity contribution in [2.75, 3.05) is 12.1 Å². The van der Waals surface area contributed by atoms with Crippen LogP contribution in [0.3, 0.4) is 0 Å². The summed E-state index contributed by atoms with van der Waals surface area (Å²) in [6, 6.07) is 12.6. The number of hydrogen-bond donors (Lipinski definition) is 5. The number of nitrogens with zero attached hydrogens (tertiary/aromatic N) is 9. The first-order chi connectivity index (χ1) is 28.7. The Bertz CT molecular complexity index is 3060. The van der Waals surface area contributed by atoms with Crippen molar-refractivity contribution in [3.8, 4) is 11.5 Å². The van der Waals surface area contributed by atoms with Crippen LogP contribution in [-0.4, -0.2) is 82.9 Å². The lowest BCUT2D eigenvalue weighted by atomic mass is 10.1. The average Bonchev–Trinajstić information content (AvgIpc) is 3.54. The molecule has 6 rings (SSSR count). The number of aliphatic carboxylic acids is 1. The van der Waals surface area contributed by atoms with E-state index in [-0.39, 0.29) is 45.0 Å². The molecule has 0 aliphatic carbocycles. The molecule has 0 spiro atoms. The van der Waals surface area contributed by atoms with Crippen LogP contribution >= 0.6 is 0 Å². The number of ether oxygens (including phenoxy) is 1. The number of carboxylic acid groups (broad SMARTS) is 2. The van der Waals surface area contributed by atoms with Crippen LogP contribution in [0.5, 0.6) is 11.5 Å². The molecule has 1 unspecified atom stereocenters. The number of hydrogen-bond acceptors (Lipinski definition) is 18. The quantitative estimate of drug-likeness (QED) is 0.0354. The van der Waals surface area contributed by atoms with Crippen molar-refractivity contribution < 1.29 is 65.3 Å². The van der Waals surface area contributed by atoms with Gasteiger partial charge in [0, 0.05) is 23.6 Å². The summed E-state index contributed by atoms with van der Waals surface area (Å²) in [5, 5.41) is 69.4. The third-order valence-corrected chi connectivity index (χ3v) is 10.3. The second-order valence-electron chi connectivity index (χ2n) is 12.5. The molecule has 5 N–H and O–H groups in total. The van der Waals surface area contributed by atoms with E-state index in [1.54, 1.807) is 6.92 Å². The number of amides is 1. The Kier molecular flexibility index (Phi) is 11.4. The number of phenolic OH excluding ortho intramolecular Hbond substituents is 1. The van der Waals surface area contributed by atoms with Gasteiger partial charge in [0.2, 0.25) is 6.04 Å². The summed E-state index contributed by atoms with van der Waals surface area (Å²) in [6.07, 6.45) is 0. The number of hydrazone groups is 1. The van der Waals surface area contributed by atoms with Crippen molar-refractivity contribution in [1.29, 1.82) is 0 Å². The highest BCUT2D eigenvalue weighted by Crippen LogP contribution is 2.44. The monoisotopic (exact) mass is 875 g/mol. The number of aromatic hydroxyl groups is 1. The number of fused-ring (bicyclic) bond motifs is 1. The number of non-ortho nitro benzene ring substituents is 1. The summed E-state index contributed by atoms with van der Waals surface area (Å²) in [7, 11) is -8.45. The molecule has 312 valence electrons. The molecule has 0 fully saturated rings. The highest BCUT2D eigenvalue weighted by atomic mass is 32.2. The van der Waals surface area contributed by atoms with Gasteiger partial charge in [-0.15, -0.1) is 15.3 Å². The second-order valence-corrected chi connectivity index (χ2v) is 15.3. The number of methoxy groups -OCH3 is 1. The minimum atomic E-state index is -5.12. The van der Waals surface area contributed by atoms with E-state index in [2.05, 4.69) is 35.8 Å². The van der Waals surface area contributed by atoms with E-state index in [4.69, 9.17) is 4.74 Å². The highest BCUT2D eigenvalue weighted by molar-refractivity contribution is 7.86. The molecule has 1 atom stereocenters. The first kappa shape index (κ1) is 42.7. The van der Waals surface area contributed by atoms with Gasteiger partial charge in [0.25, 0.3) is 31.8 Å². The fourth-order valence-corrected chi connectivity index (χ4v) is 6.73. The van der Waals surface area contributed by atoms with E-state index < -0.39 is 87.2 Å². The summed E-state index contributed by atoms with van der Waals surface area (Å²) < 4.78 is 72.6. The molecule has 1 aliphatic heterocycles. The van der Waals surface area contributed by atoms with Crippen LogP contribution in [0.4, 0.5) is 39.8 Å². The minimum Gasteiger partial charge on any atom is -0.505 e. The largest absolute Gasteiger partial charge is 0.505 e. The number of phenols is 1. The summed E-state index contributed by atoms with van der Waals surface area (Å²) >= 11 is 0. The van der Waals surface area contributed by atoms with Crippen molar-refractivity contribution in [2.24, 2.45) is 35.8 Å². The third-order valence-electron chi connectivity index (χ3n) is 8.55. The van der Waals surface area contributed by atoms with E-state index in [9.17, 15) is 65.8 Å². The molecule has 1 heterocycles. The Morgan fingerprint density at radius 3 is 2.10 bits per heavy atom. The number of rotatable bonds is 13. The molecule has 1 aliphatic rings. The van der Waals surface area contributed by atoms with Gasteiger partial charge < -0.3 is 20.1 Å². The number of azo groups is 3. The van der Waals surface area contributed by atoms with Crippen molar-refractivity contribution in [3.05, 3.63) is 100 Å². The van der Waals surface area contributed by atoms with Gasteiger partial charge in [-0.2, -0.15) is 42.3 Å². The molecule has 0 bridgehead atoms. The summed E-state index contributed by atoms with van der Waals surface area (Å²) in [5.74, 6) is -4.89. The zero-order valence-electron chi connectivity index (χ0n) is 30.7. The number of aromatic carboxylic acids is 1. The van der Waals surface area contributed by atoms with Gasteiger partial charge in [-0.05, 0) is 78.5 Å². The van der Waals surface area contributed by atoms with Crippen molar-refractivity contribution in [1.82, 2.24) is 0 Å². The molecular weight excluding hydrogens is 851 g/mol. The lowest BCUT2D eigenvalue weighted by molar-refractivity contribution is -0.384. The highest BCUT2D eigenvalue weighted by Gasteiger charge is 2.41. The fraction of sp³-hybridized carbons (Fsp3) is 0.0857.